The van der Waals surface area contributed by atoms with Crippen molar-refractivity contribution < 1.29 is 0 Å². The molecule has 0 fully saturated rings. The van der Waals surface area contributed by atoms with E-state index in [2.05, 4.69) is 54.4 Å². The molecule has 1 heterocycles. The van der Waals surface area contributed by atoms with Crippen molar-refractivity contribution in [3.05, 3.63) is 66.0 Å². The maximum absolute atomic E-state index is 4.03. The topological polar surface area (TPSA) is 12.9 Å². The lowest BCUT2D eigenvalue weighted by molar-refractivity contribution is 0.758. The largest absolute Gasteiger partial charge is 0.265 e. The van der Waals surface area contributed by atoms with E-state index in [1.165, 1.54) is 11.1 Å². The highest BCUT2D eigenvalue weighted by Crippen LogP contribution is 2.19. The summed E-state index contributed by atoms with van der Waals surface area (Å²) < 4.78 is 0. The molecule has 1 aromatic carbocycles. The van der Waals surface area contributed by atoms with Gasteiger partial charge in [-0.15, -0.1) is 0 Å². The Morgan fingerprint density at radius 2 is 1.67 bits per heavy atom. The van der Waals surface area contributed by atoms with Crippen LogP contribution in [0.3, 0.4) is 0 Å². The molecule has 0 saturated carbocycles. The highest BCUT2D eigenvalue weighted by atomic mass is 14.6. The van der Waals surface area contributed by atoms with Crippen molar-refractivity contribution in [2.24, 2.45) is 0 Å². The van der Waals surface area contributed by atoms with Crippen LogP contribution in [-0.4, -0.2) is 4.98 Å². The fourth-order valence-electron chi connectivity index (χ4n) is 1.77. The molecule has 2 aromatic rings. The van der Waals surface area contributed by atoms with E-state index in [-0.39, 0.29) is 0 Å². The van der Waals surface area contributed by atoms with Crippen molar-refractivity contribution in [1.82, 2.24) is 4.98 Å². The Bertz CT molecular complexity index is 394. The Kier molecular flexibility index (Phi) is 3.13. The van der Waals surface area contributed by atoms with Gasteiger partial charge in [0.2, 0.25) is 0 Å². The summed E-state index contributed by atoms with van der Waals surface area (Å²) in [6.07, 6.45) is 4.78. The van der Waals surface area contributed by atoms with Gasteiger partial charge in [-0.05, 0) is 35.6 Å². The Labute approximate surface area is 90.8 Å². The summed E-state index contributed by atoms with van der Waals surface area (Å²) in [5.41, 5.74) is 2.75. The van der Waals surface area contributed by atoms with Gasteiger partial charge in [0.1, 0.15) is 0 Å². The molecule has 76 valence electrons. The zero-order valence-corrected chi connectivity index (χ0v) is 8.93. The van der Waals surface area contributed by atoms with Gasteiger partial charge in [0, 0.05) is 12.4 Å². The SMILES string of the molecule is CC(Cc1ccncc1)c1ccccc1. The number of aromatic nitrogens is 1. The van der Waals surface area contributed by atoms with Crippen molar-refractivity contribution in [3.63, 3.8) is 0 Å². The molecule has 1 heteroatoms. The monoisotopic (exact) mass is 197 g/mol. The van der Waals surface area contributed by atoms with Crippen LogP contribution in [0.5, 0.6) is 0 Å². The molecule has 0 aliphatic carbocycles. The average Bonchev–Trinajstić information content (AvgIpc) is 2.31. The second kappa shape index (κ2) is 4.74. The normalized spacial score (nSPS) is 12.3. The van der Waals surface area contributed by atoms with Gasteiger partial charge in [0.25, 0.3) is 0 Å². The zero-order valence-electron chi connectivity index (χ0n) is 8.93. The van der Waals surface area contributed by atoms with E-state index < -0.39 is 0 Å². The second-order valence-corrected chi connectivity index (χ2v) is 3.87. The molecule has 1 nitrogen and oxygen atoms in total. The van der Waals surface area contributed by atoms with Crippen LogP contribution in [-0.2, 0) is 6.42 Å². The Morgan fingerprint density at radius 1 is 1.00 bits per heavy atom. The molecule has 0 radical (unpaired) electrons. The minimum Gasteiger partial charge on any atom is -0.265 e. The van der Waals surface area contributed by atoms with E-state index >= 15 is 0 Å². The molecular formula is C14H15N. The summed E-state index contributed by atoms with van der Waals surface area (Å²) in [4.78, 5) is 4.03. The first-order valence-electron chi connectivity index (χ1n) is 5.30. The van der Waals surface area contributed by atoms with Gasteiger partial charge < -0.3 is 0 Å². The van der Waals surface area contributed by atoms with Crippen LogP contribution in [0.25, 0.3) is 0 Å². The molecule has 1 aromatic heterocycles. The lowest BCUT2D eigenvalue weighted by Crippen LogP contribution is -1.97. The lowest BCUT2D eigenvalue weighted by atomic mass is 9.94. The van der Waals surface area contributed by atoms with E-state index in [1.807, 2.05) is 12.4 Å². The van der Waals surface area contributed by atoms with Crippen LogP contribution < -0.4 is 0 Å². The number of hydrogen-bond donors (Lipinski definition) is 0. The molecular weight excluding hydrogens is 182 g/mol. The van der Waals surface area contributed by atoms with E-state index in [4.69, 9.17) is 0 Å². The minimum absolute atomic E-state index is 0.564. The van der Waals surface area contributed by atoms with Crippen LogP contribution >= 0.6 is 0 Å². The van der Waals surface area contributed by atoms with Crippen LogP contribution in [0.2, 0.25) is 0 Å². The standard InChI is InChI=1S/C14H15N/c1-12(14-5-3-2-4-6-14)11-13-7-9-15-10-8-13/h2-10,12H,11H2,1H3. The summed E-state index contributed by atoms with van der Waals surface area (Å²) in [6, 6.07) is 14.8. The number of benzene rings is 1. The Morgan fingerprint density at radius 3 is 2.33 bits per heavy atom. The summed E-state index contributed by atoms with van der Waals surface area (Å²) in [5, 5.41) is 0. The summed E-state index contributed by atoms with van der Waals surface area (Å²) in [6.45, 7) is 2.26. The van der Waals surface area contributed by atoms with E-state index in [0.29, 0.717) is 5.92 Å². The number of nitrogens with zero attached hydrogens (tertiary/aromatic N) is 1. The van der Waals surface area contributed by atoms with Gasteiger partial charge in [-0.25, -0.2) is 0 Å². The third kappa shape index (κ3) is 2.66. The van der Waals surface area contributed by atoms with Crippen LogP contribution in [0, 0.1) is 0 Å². The highest BCUT2D eigenvalue weighted by Gasteiger charge is 2.05. The molecule has 0 spiro atoms. The molecule has 0 N–H and O–H groups in total. The zero-order chi connectivity index (χ0) is 10.5. The average molecular weight is 197 g/mol. The smallest absolute Gasteiger partial charge is 0.0270 e. The molecule has 15 heavy (non-hydrogen) atoms. The first-order chi connectivity index (χ1) is 7.36. The van der Waals surface area contributed by atoms with Gasteiger partial charge in [0.05, 0.1) is 0 Å². The molecule has 0 saturated heterocycles. The second-order valence-electron chi connectivity index (χ2n) is 3.87. The molecule has 0 bridgehead atoms. The minimum atomic E-state index is 0.564. The van der Waals surface area contributed by atoms with Crippen molar-refractivity contribution >= 4 is 0 Å². The van der Waals surface area contributed by atoms with Crippen LogP contribution in [0.4, 0.5) is 0 Å². The van der Waals surface area contributed by atoms with Gasteiger partial charge in [0.15, 0.2) is 0 Å². The highest BCUT2D eigenvalue weighted by molar-refractivity contribution is 5.22. The summed E-state index contributed by atoms with van der Waals surface area (Å²) in [7, 11) is 0. The first kappa shape index (κ1) is 9.91. The van der Waals surface area contributed by atoms with E-state index in [1.54, 1.807) is 0 Å². The van der Waals surface area contributed by atoms with Crippen molar-refractivity contribution in [1.29, 1.82) is 0 Å². The number of rotatable bonds is 3. The molecule has 1 unspecified atom stereocenters. The third-order valence-electron chi connectivity index (χ3n) is 2.66. The van der Waals surface area contributed by atoms with E-state index in [0.717, 1.165) is 6.42 Å². The lowest BCUT2D eigenvalue weighted by Gasteiger charge is -2.11. The quantitative estimate of drug-likeness (QED) is 0.734. The van der Waals surface area contributed by atoms with Gasteiger partial charge in [-0.2, -0.15) is 0 Å². The van der Waals surface area contributed by atoms with Crippen molar-refractivity contribution in [2.45, 2.75) is 19.3 Å². The van der Waals surface area contributed by atoms with Crippen LogP contribution in [0.1, 0.15) is 24.0 Å². The number of pyridine rings is 1. The van der Waals surface area contributed by atoms with Gasteiger partial charge in [-0.3, -0.25) is 4.98 Å². The number of hydrogen-bond acceptors (Lipinski definition) is 1. The molecule has 1 atom stereocenters. The van der Waals surface area contributed by atoms with Crippen LogP contribution in [0.15, 0.2) is 54.9 Å². The summed E-state index contributed by atoms with van der Waals surface area (Å²) >= 11 is 0. The fourth-order valence-corrected chi connectivity index (χ4v) is 1.77. The van der Waals surface area contributed by atoms with Gasteiger partial charge in [-0.1, -0.05) is 37.3 Å². The predicted molar refractivity (Wildman–Crippen MR) is 62.8 cm³/mol. The Hall–Kier alpha value is -1.63. The third-order valence-corrected chi connectivity index (χ3v) is 2.66. The van der Waals surface area contributed by atoms with Crippen molar-refractivity contribution in [3.8, 4) is 0 Å². The van der Waals surface area contributed by atoms with Gasteiger partial charge >= 0.3 is 0 Å². The fraction of sp³-hybridized carbons (Fsp3) is 0.214. The maximum Gasteiger partial charge on any atom is 0.0270 e. The Balaban J connectivity index is 2.08. The maximum atomic E-state index is 4.03. The molecule has 2 rings (SSSR count). The molecule has 0 aliphatic rings. The van der Waals surface area contributed by atoms with Crippen molar-refractivity contribution in [2.75, 3.05) is 0 Å². The molecule has 0 amide bonds. The van der Waals surface area contributed by atoms with E-state index in [9.17, 15) is 0 Å². The predicted octanol–water partition coefficient (Wildman–Crippen LogP) is 3.43. The first-order valence-corrected chi connectivity index (χ1v) is 5.30. The molecule has 0 aliphatic heterocycles. The summed E-state index contributed by atoms with van der Waals surface area (Å²) in [5.74, 6) is 0.564.